The van der Waals surface area contributed by atoms with Crippen molar-refractivity contribution in [2.24, 2.45) is 0 Å². The largest absolute Gasteiger partial charge is 0.493 e. The smallest absolute Gasteiger partial charge is 0.266 e. The molecule has 168 valence electrons. The van der Waals surface area contributed by atoms with E-state index in [1.54, 1.807) is 12.1 Å². The van der Waals surface area contributed by atoms with Crippen LogP contribution in [0.3, 0.4) is 0 Å². The second-order valence-corrected chi connectivity index (χ2v) is 8.71. The Morgan fingerprint density at radius 2 is 1.88 bits per heavy atom. The first-order chi connectivity index (χ1) is 15.8. The van der Waals surface area contributed by atoms with Crippen molar-refractivity contribution < 1.29 is 14.3 Å². The molecule has 0 aliphatic rings. The Labute approximate surface area is 206 Å². The normalized spacial score (nSPS) is 11.0. The highest BCUT2D eigenvalue weighted by atomic mass is 79.9. The number of amides is 1. The van der Waals surface area contributed by atoms with E-state index in [0.29, 0.717) is 34.4 Å². The zero-order chi connectivity index (χ0) is 24.0. The Morgan fingerprint density at radius 3 is 2.55 bits per heavy atom. The van der Waals surface area contributed by atoms with Crippen LogP contribution in [-0.2, 0) is 11.4 Å². The summed E-state index contributed by atoms with van der Waals surface area (Å²) in [5, 5.41) is 12.7. The molecule has 0 aliphatic heterocycles. The standard InChI is InChI=1S/C26H22BrClN2O3/c1-16-4-5-17(2)23(10-16)30-26(31)20(14-29)11-19-12-22(28)25(24(13-19)32-3)33-15-18-6-8-21(27)9-7-18/h4-13H,15H2,1-3H3,(H,30,31)/b20-11+. The summed E-state index contributed by atoms with van der Waals surface area (Å²) >= 11 is 9.86. The molecule has 0 aromatic heterocycles. The summed E-state index contributed by atoms with van der Waals surface area (Å²) in [6, 6.07) is 18.7. The molecule has 0 atom stereocenters. The number of hydrogen-bond donors (Lipinski definition) is 1. The fraction of sp³-hybridized carbons (Fsp3) is 0.154. The maximum atomic E-state index is 12.7. The number of nitrogens with zero attached hydrogens (tertiary/aromatic N) is 1. The number of hydrogen-bond acceptors (Lipinski definition) is 4. The van der Waals surface area contributed by atoms with Crippen molar-refractivity contribution in [3.05, 3.63) is 91.9 Å². The van der Waals surface area contributed by atoms with E-state index in [9.17, 15) is 10.1 Å². The molecule has 3 rings (SSSR count). The van der Waals surface area contributed by atoms with Crippen molar-refractivity contribution in [2.75, 3.05) is 12.4 Å². The summed E-state index contributed by atoms with van der Waals surface area (Å²) in [4.78, 5) is 12.7. The van der Waals surface area contributed by atoms with Gasteiger partial charge in [-0.1, -0.05) is 51.8 Å². The number of nitrogens with one attached hydrogen (secondary N) is 1. The van der Waals surface area contributed by atoms with Gasteiger partial charge in [0.15, 0.2) is 11.5 Å². The van der Waals surface area contributed by atoms with Gasteiger partial charge in [-0.2, -0.15) is 5.26 Å². The quantitative estimate of drug-likeness (QED) is 0.270. The summed E-state index contributed by atoms with van der Waals surface area (Å²) in [7, 11) is 1.50. The van der Waals surface area contributed by atoms with Crippen molar-refractivity contribution >= 4 is 45.2 Å². The van der Waals surface area contributed by atoms with E-state index < -0.39 is 5.91 Å². The van der Waals surface area contributed by atoms with Crippen LogP contribution >= 0.6 is 27.5 Å². The lowest BCUT2D eigenvalue weighted by Gasteiger charge is -2.14. The zero-order valence-corrected chi connectivity index (χ0v) is 20.8. The van der Waals surface area contributed by atoms with Crippen molar-refractivity contribution in [1.29, 1.82) is 5.26 Å². The van der Waals surface area contributed by atoms with E-state index in [4.69, 9.17) is 21.1 Å². The average molecular weight is 526 g/mol. The molecule has 3 aromatic carbocycles. The van der Waals surface area contributed by atoms with Crippen LogP contribution in [0.2, 0.25) is 5.02 Å². The minimum absolute atomic E-state index is 0.0578. The van der Waals surface area contributed by atoms with Crippen LogP contribution in [0.4, 0.5) is 5.69 Å². The van der Waals surface area contributed by atoms with Crippen LogP contribution in [0.1, 0.15) is 22.3 Å². The Morgan fingerprint density at radius 1 is 1.15 bits per heavy atom. The number of ether oxygens (including phenoxy) is 2. The summed E-state index contributed by atoms with van der Waals surface area (Å²) in [6.45, 7) is 4.13. The number of carbonyl (C=O) groups is 1. The second kappa shape index (κ2) is 11.0. The molecule has 0 fully saturated rings. The fourth-order valence-electron chi connectivity index (χ4n) is 3.07. The highest BCUT2D eigenvalue weighted by molar-refractivity contribution is 9.10. The fourth-order valence-corrected chi connectivity index (χ4v) is 3.61. The van der Waals surface area contributed by atoms with Gasteiger partial charge < -0.3 is 14.8 Å². The minimum atomic E-state index is -0.503. The van der Waals surface area contributed by atoms with Crippen LogP contribution in [0.25, 0.3) is 6.08 Å². The summed E-state index contributed by atoms with van der Waals surface area (Å²) in [5.41, 5.74) is 4.03. The third-order valence-corrected chi connectivity index (χ3v) is 5.67. The molecule has 0 radical (unpaired) electrons. The number of methoxy groups -OCH3 is 1. The third-order valence-electron chi connectivity index (χ3n) is 4.87. The van der Waals surface area contributed by atoms with Gasteiger partial charge in [0.25, 0.3) is 5.91 Å². The van der Waals surface area contributed by atoms with Gasteiger partial charge in [-0.15, -0.1) is 0 Å². The number of aryl methyl sites for hydroxylation is 2. The molecule has 33 heavy (non-hydrogen) atoms. The number of rotatable bonds is 7. The Hall–Kier alpha value is -3.27. The molecule has 7 heteroatoms. The molecule has 0 bridgehead atoms. The molecule has 1 N–H and O–H groups in total. The summed E-state index contributed by atoms with van der Waals surface area (Å²) in [5.74, 6) is 0.285. The van der Waals surface area contributed by atoms with Gasteiger partial charge in [-0.25, -0.2) is 0 Å². The van der Waals surface area contributed by atoms with Crippen molar-refractivity contribution in [1.82, 2.24) is 0 Å². The van der Waals surface area contributed by atoms with E-state index in [-0.39, 0.29) is 5.57 Å². The molecule has 0 unspecified atom stereocenters. The first kappa shape index (κ1) is 24.4. The number of halogens is 2. The molecular formula is C26H22BrClN2O3. The predicted molar refractivity (Wildman–Crippen MR) is 135 cm³/mol. The van der Waals surface area contributed by atoms with Gasteiger partial charge in [-0.05, 0) is 72.5 Å². The van der Waals surface area contributed by atoms with Crippen molar-refractivity contribution in [3.8, 4) is 17.6 Å². The lowest BCUT2D eigenvalue weighted by atomic mass is 10.1. The first-order valence-corrected chi connectivity index (χ1v) is 11.2. The summed E-state index contributed by atoms with van der Waals surface area (Å²) < 4.78 is 12.3. The topological polar surface area (TPSA) is 71.3 Å². The molecule has 0 aliphatic carbocycles. The van der Waals surface area contributed by atoms with Gasteiger partial charge >= 0.3 is 0 Å². The molecule has 5 nitrogen and oxygen atoms in total. The number of carbonyl (C=O) groups excluding carboxylic acids is 1. The van der Waals surface area contributed by atoms with E-state index in [0.717, 1.165) is 21.2 Å². The van der Waals surface area contributed by atoms with Gasteiger partial charge in [0.1, 0.15) is 18.2 Å². The van der Waals surface area contributed by atoms with Crippen LogP contribution in [0.15, 0.2) is 64.6 Å². The maximum absolute atomic E-state index is 12.7. The van der Waals surface area contributed by atoms with Gasteiger partial charge in [0.05, 0.1) is 12.1 Å². The van der Waals surface area contributed by atoms with Crippen LogP contribution in [0.5, 0.6) is 11.5 Å². The van der Waals surface area contributed by atoms with Crippen LogP contribution in [0, 0.1) is 25.2 Å². The molecule has 0 saturated heterocycles. The molecule has 0 saturated carbocycles. The van der Waals surface area contributed by atoms with E-state index in [1.165, 1.54) is 13.2 Å². The predicted octanol–water partition coefficient (Wildman–Crippen LogP) is 6.85. The molecule has 0 heterocycles. The molecule has 0 spiro atoms. The third kappa shape index (κ3) is 6.38. The Bertz CT molecular complexity index is 1250. The minimum Gasteiger partial charge on any atom is -0.493 e. The van der Waals surface area contributed by atoms with E-state index in [1.807, 2.05) is 62.4 Å². The molecule has 1 amide bonds. The van der Waals surface area contributed by atoms with Crippen molar-refractivity contribution in [3.63, 3.8) is 0 Å². The maximum Gasteiger partial charge on any atom is 0.266 e. The summed E-state index contributed by atoms with van der Waals surface area (Å²) in [6.07, 6.45) is 1.47. The molecule has 3 aromatic rings. The van der Waals surface area contributed by atoms with Gasteiger partial charge in [-0.3, -0.25) is 4.79 Å². The Balaban J connectivity index is 1.83. The van der Waals surface area contributed by atoms with Crippen LogP contribution in [-0.4, -0.2) is 13.0 Å². The highest BCUT2D eigenvalue weighted by Gasteiger charge is 2.15. The van der Waals surface area contributed by atoms with E-state index >= 15 is 0 Å². The monoisotopic (exact) mass is 524 g/mol. The second-order valence-electron chi connectivity index (χ2n) is 7.39. The van der Waals surface area contributed by atoms with Crippen LogP contribution < -0.4 is 14.8 Å². The van der Waals surface area contributed by atoms with Crippen molar-refractivity contribution in [2.45, 2.75) is 20.5 Å². The average Bonchev–Trinajstić information content (AvgIpc) is 2.79. The number of nitriles is 1. The highest BCUT2D eigenvalue weighted by Crippen LogP contribution is 2.37. The zero-order valence-electron chi connectivity index (χ0n) is 18.4. The Kier molecular flexibility index (Phi) is 8.16. The SMILES string of the molecule is COc1cc(/C=C(\C#N)C(=O)Nc2cc(C)ccc2C)cc(Cl)c1OCc1ccc(Br)cc1. The molecular weight excluding hydrogens is 504 g/mol. The lowest BCUT2D eigenvalue weighted by Crippen LogP contribution is -2.14. The van der Waals surface area contributed by atoms with Gasteiger partial charge in [0, 0.05) is 10.2 Å². The first-order valence-electron chi connectivity index (χ1n) is 10.1. The number of benzene rings is 3. The lowest BCUT2D eigenvalue weighted by molar-refractivity contribution is -0.112. The number of anilines is 1. The van der Waals surface area contributed by atoms with Gasteiger partial charge in [0.2, 0.25) is 0 Å². The van der Waals surface area contributed by atoms with E-state index in [2.05, 4.69) is 21.2 Å².